The fourth-order valence-corrected chi connectivity index (χ4v) is 2.00. The van der Waals surface area contributed by atoms with Crippen LogP contribution in [0.2, 0.25) is 0 Å². The summed E-state index contributed by atoms with van der Waals surface area (Å²) >= 11 is 1.66. The lowest BCUT2D eigenvalue weighted by Gasteiger charge is -2.07. The third-order valence-corrected chi connectivity index (χ3v) is 3.09. The second kappa shape index (κ2) is 6.11. The second-order valence-corrected chi connectivity index (χ2v) is 4.28. The molecule has 1 rings (SSSR count). The zero-order valence-electron chi connectivity index (χ0n) is 8.20. The standard InChI is InChI=1S/C10H18N2S/c1-2-3-4-5-6-9(11)10-7-12-8-13-10/h7-9H,2-6,11H2,1H3. The molecule has 0 saturated heterocycles. The second-order valence-electron chi connectivity index (χ2n) is 3.36. The minimum Gasteiger partial charge on any atom is -0.323 e. The molecule has 2 N–H and O–H groups in total. The van der Waals surface area contributed by atoms with E-state index in [4.69, 9.17) is 5.73 Å². The van der Waals surface area contributed by atoms with Gasteiger partial charge in [0.2, 0.25) is 0 Å². The molecule has 74 valence electrons. The van der Waals surface area contributed by atoms with E-state index < -0.39 is 0 Å². The van der Waals surface area contributed by atoms with Crippen LogP contribution in [-0.2, 0) is 0 Å². The van der Waals surface area contributed by atoms with Gasteiger partial charge >= 0.3 is 0 Å². The molecule has 3 heteroatoms. The van der Waals surface area contributed by atoms with Gasteiger partial charge in [-0.15, -0.1) is 11.3 Å². The van der Waals surface area contributed by atoms with Crippen LogP contribution in [0.3, 0.4) is 0 Å². The molecule has 1 atom stereocenters. The summed E-state index contributed by atoms with van der Waals surface area (Å²) in [7, 11) is 0. The molecule has 1 aromatic rings. The predicted molar refractivity (Wildman–Crippen MR) is 57.8 cm³/mol. The molecule has 0 bridgehead atoms. The van der Waals surface area contributed by atoms with Crippen molar-refractivity contribution < 1.29 is 0 Å². The van der Waals surface area contributed by atoms with Gasteiger partial charge in [0.05, 0.1) is 5.51 Å². The molecule has 13 heavy (non-hydrogen) atoms. The molecule has 0 aliphatic heterocycles. The van der Waals surface area contributed by atoms with E-state index in [2.05, 4.69) is 11.9 Å². The summed E-state index contributed by atoms with van der Waals surface area (Å²) in [5, 5.41) is 0. The van der Waals surface area contributed by atoms with Crippen LogP contribution in [0.25, 0.3) is 0 Å². The number of hydrogen-bond acceptors (Lipinski definition) is 3. The van der Waals surface area contributed by atoms with Crippen molar-refractivity contribution >= 4 is 11.3 Å². The third kappa shape index (κ3) is 3.87. The topological polar surface area (TPSA) is 38.9 Å². The van der Waals surface area contributed by atoms with Gasteiger partial charge in [-0.3, -0.25) is 4.98 Å². The number of hydrogen-bond donors (Lipinski definition) is 1. The van der Waals surface area contributed by atoms with E-state index in [1.165, 1.54) is 30.6 Å². The zero-order chi connectivity index (χ0) is 9.52. The molecule has 0 aliphatic carbocycles. The SMILES string of the molecule is CCCCCCC(N)c1cncs1. The maximum atomic E-state index is 5.99. The highest BCUT2D eigenvalue weighted by molar-refractivity contribution is 7.09. The first kappa shape index (κ1) is 10.7. The lowest BCUT2D eigenvalue weighted by atomic mass is 10.1. The maximum absolute atomic E-state index is 5.99. The Morgan fingerprint density at radius 3 is 2.92 bits per heavy atom. The normalized spacial score (nSPS) is 13.1. The van der Waals surface area contributed by atoms with Crippen molar-refractivity contribution in [2.75, 3.05) is 0 Å². The van der Waals surface area contributed by atoms with E-state index in [9.17, 15) is 0 Å². The number of aromatic nitrogens is 1. The average molecular weight is 198 g/mol. The van der Waals surface area contributed by atoms with Crippen molar-refractivity contribution in [3.8, 4) is 0 Å². The summed E-state index contributed by atoms with van der Waals surface area (Å²) in [4.78, 5) is 5.25. The molecule has 0 saturated carbocycles. The van der Waals surface area contributed by atoms with Crippen molar-refractivity contribution in [2.45, 2.75) is 45.1 Å². The first-order chi connectivity index (χ1) is 6.34. The smallest absolute Gasteiger partial charge is 0.0794 e. The number of nitrogens with zero attached hydrogens (tertiary/aromatic N) is 1. The Hall–Kier alpha value is -0.410. The lowest BCUT2D eigenvalue weighted by Crippen LogP contribution is -2.08. The van der Waals surface area contributed by atoms with Gasteiger partial charge in [-0.25, -0.2) is 0 Å². The van der Waals surface area contributed by atoms with Crippen LogP contribution in [0.1, 0.15) is 49.9 Å². The fourth-order valence-electron chi connectivity index (χ4n) is 1.34. The molecule has 0 aromatic carbocycles. The first-order valence-corrected chi connectivity index (χ1v) is 5.86. The van der Waals surface area contributed by atoms with Gasteiger partial charge < -0.3 is 5.73 Å². The van der Waals surface area contributed by atoms with Crippen molar-refractivity contribution in [3.05, 3.63) is 16.6 Å². The summed E-state index contributed by atoms with van der Waals surface area (Å²) in [6, 6.07) is 0.212. The van der Waals surface area contributed by atoms with E-state index in [0.717, 1.165) is 6.42 Å². The number of nitrogens with two attached hydrogens (primary N) is 1. The predicted octanol–water partition coefficient (Wildman–Crippen LogP) is 3.11. The van der Waals surface area contributed by atoms with E-state index >= 15 is 0 Å². The van der Waals surface area contributed by atoms with Gasteiger partial charge in [-0.05, 0) is 6.42 Å². The summed E-state index contributed by atoms with van der Waals surface area (Å²) in [6.07, 6.45) is 8.15. The fraction of sp³-hybridized carbons (Fsp3) is 0.700. The van der Waals surface area contributed by atoms with E-state index in [-0.39, 0.29) is 6.04 Å². The van der Waals surface area contributed by atoms with Crippen LogP contribution >= 0.6 is 11.3 Å². The Labute approximate surface area is 84.2 Å². The Morgan fingerprint density at radius 2 is 2.31 bits per heavy atom. The monoisotopic (exact) mass is 198 g/mol. The van der Waals surface area contributed by atoms with Crippen LogP contribution in [0.15, 0.2) is 11.7 Å². The molecule has 2 nitrogen and oxygen atoms in total. The van der Waals surface area contributed by atoms with Gasteiger partial charge in [-0.2, -0.15) is 0 Å². The van der Waals surface area contributed by atoms with Crippen molar-refractivity contribution in [1.82, 2.24) is 4.98 Å². The summed E-state index contributed by atoms with van der Waals surface area (Å²) in [5.74, 6) is 0. The molecule has 0 radical (unpaired) electrons. The van der Waals surface area contributed by atoms with E-state index in [1.807, 2.05) is 11.7 Å². The molecule has 1 unspecified atom stereocenters. The quantitative estimate of drug-likeness (QED) is 0.713. The molecule has 0 fully saturated rings. The zero-order valence-corrected chi connectivity index (χ0v) is 9.02. The molecular formula is C10H18N2S. The number of unbranched alkanes of at least 4 members (excludes halogenated alkanes) is 3. The van der Waals surface area contributed by atoms with Crippen molar-refractivity contribution in [3.63, 3.8) is 0 Å². The van der Waals surface area contributed by atoms with Gasteiger partial charge in [0.15, 0.2) is 0 Å². The molecule has 0 amide bonds. The number of rotatable bonds is 6. The van der Waals surface area contributed by atoms with E-state index in [1.54, 1.807) is 11.3 Å². The molecule has 0 spiro atoms. The Kier molecular flexibility index (Phi) is 5.01. The average Bonchev–Trinajstić information content (AvgIpc) is 2.65. The van der Waals surface area contributed by atoms with E-state index in [0.29, 0.717) is 0 Å². The first-order valence-electron chi connectivity index (χ1n) is 4.98. The third-order valence-electron chi connectivity index (χ3n) is 2.19. The molecule has 1 aromatic heterocycles. The molecule has 1 heterocycles. The van der Waals surface area contributed by atoms with Gasteiger partial charge in [-0.1, -0.05) is 32.6 Å². The van der Waals surface area contributed by atoms with Crippen LogP contribution in [0.4, 0.5) is 0 Å². The maximum Gasteiger partial charge on any atom is 0.0794 e. The van der Waals surface area contributed by atoms with Crippen molar-refractivity contribution in [2.24, 2.45) is 5.73 Å². The van der Waals surface area contributed by atoms with Gasteiger partial charge in [0, 0.05) is 17.1 Å². The van der Waals surface area contributed by atoms with Gasteiger partial charge in [0.1, 0.15) is 0 Å². The van der Waals surface area contributed by atoms with Crippen LogP contribution in [0.5, 0.6) is 0 Å². The Balaban J connectivity index is 2.15. The minimum absolute atomic E-state index is 0.212. The highest BCUT2D eigenvalue weighted by Gasteiger charge is 2.06. The largest absolute Gasteiger partial charge is 0.323 e. The Bertz CT molecular complexity index is 209. The summed E-state index contributed by atoms with van der Waals surface area (Å²) < 4.78 is 0. The highest BCUT2D eigenvalue weighted by Crippen LogP contribution is 2.20. The molecule has 0 aliphatic rings. The summed E-state index contributed by atoms with van der Waals surface area (Å²) in [5.41, 5.74) is 7.84. The highest BCUT2D eigenvalue weighted by atomic mass is 32.1. The number of thiazole rings is 1. The van der Waals surface area contributed by atoms with Crippen molar-refractivity contribution in [1.29, 1.82) is 0 Å². The summed E-state index contributed by atoms with van der Waals surface area (Å²) in [6.45, 7) is 2.23. The minimum atomic E-state index is 0.212. The lowest BCUT2D eigenvalue weighted by molar-refractivity contribution is 0.571. The van der Waals surface area contributed by atoms with Gasteiger partial charge in [0.25, 0.3) is 0 Å². The molecular weight excluding hydrogens is 180 g/mol. The van der Waals surface area contributed by atoms with Crippen LogP contribution < -0.4 is 5.73 Å². The van der Waals surface area contributed by atoms with Crippen LogP contribution in [-0.4, -0.2) is 4.98 Å². The van der Waals surface area contributed by atoms with Crippen LogP contribution in [0, 0.1) is 0 Å². The Morgan fingerprint density at radius 1 is 1.46 bits per heavy atom.